The molecular weight excluding hydrogens is 386 g/mol. The Morgan fingerprint density at radius 2 is 1.68 bits per heavy atom. The lowest BCUT2D eigenvalue weighted by atomic mass is 9.93. The molecule has 6 nitrogen and oxygen atoms in total. The second kappa shape index (κ2) is 8.40. The summed E-state index contributed by atoms with van der Waals surface area (Å²) >= 11 is 0. The first-order chi connectivity index (χ1) is 15.3. The van der Waals surface area contributed by atoms with Crippen molar-refractivity contribution in [1.82, 2.24) is 14.6 Å². The van der Waals surface area contributed by atoms with E-state index in [0.717, 1.165) is 34.6 Å². The molecule has 31 heavy (non-hydrogen) atoms. The van der Waals surface area contributed by atoms with Gasteiger partial charge in [-0.3, -0.25) is 0 Å². The molecule has 1 fully saturated rings. The zero-order chi connectivity index (χ0) is 21.2. The van der Waals surface area contributed by atoms with E-state index in [1.165, 1.54) is 36.9 Å². The quantitative estimate of drug-likeness (QED) is 0.468. The highest BCUT2D eigenvalue weighted by Crippen LogP contribution is 2.43. The molecule has 0 atom stereocenters. The van der Waals surface area contributed by atoms with E-state index < -0.39 is 0 Å². The number of nitrogens with zero attached hydrogens (tertiary/aromatic N) is 3. The van der Waals surface area contributed by atoms with Gasteiger partial charge in [-0.1, -0.05) is 43.2 Å². The summed E-state index contributed by atoms with van der Waals surface area (Å²) in [5, 5.41) is 4.61. The molecule has 0 bridgehead atoms. The molecule has 0 radical (unpaired) electrons. The van der Waals surface area contributed by atoms with Crippen molar-refractivity contribution in [2.75, 3.05) is 12.3 Å². The van der Waals surface area contributed by atoms with Crippen LogP contribution in [0.15, 0.2) is 60.9 Å². The van der Waals surface area contributed by atoms with Crippen molar-refractivity contribution in [3.8, 4) is 22.6 Å². The summed E-state index contributed by atoms with van der Waals surface area (Å²) in [6.45, 7) is 0.576. The van der Waals surface area contributed by atoms with Gasteiger partial charge < -0.3 is 16.2 Å². The topological polar surface area (TPSA) is 91.5 Å². The highest BCUT2D eigenvalue weighted by Gasteiger charge is 2.29. The minimum atomic E-state index is 0.484. The fourth-order valence-electron chi connectivity index (χ4n) is 4.82. The maximum Gasteiger partial charge on any atom is 0.151 e. The van der Waals surface area contributed by atoms with Crippen molar-refractivity contribution >= 4 is 11.3 Å². The lowest BCUT2D eigenvalue weighted by Crippen LogP contribution is -2.09. The largest absolute Gasteiger partial charge is 0.457 e. The van der Waals surface area contributed by atoms with Gasteiger partial charge in [0.05, 0.1) is 0 Å². The van der Waals surface area contributed by atoms with E-state index in [9.17, 15) is 0 Å². The van der Waals surface area contributed by atoms with Crippen LogP contribution in [0.1, 0.15) is 42.9 Å². The number of aromatic nitrogens is 3. The van der Waals surface area contributed by atoms with E-state index in [1.807, 2.05) is 47.0 Å². The SMILES string of the molecule is NCCc1c(-c2ccc(Oc3ccccc3)cc2)c2c(N)ncnn2c1C1CCCC1. The third kappa shape index (κ3) is 3.64. The van der Waals surface area contributed by atoms with Crippen LogP contribution in [0, 0.1) is 0 Å². The van der Waals surface area contributed by atoms with Crippen molar-refractivity contribution in [1.29, 1.82) is 0 Å². The number of fused-ring (bicyclic) bond motifs is 1. The molecule has 1 aliphatic rings. The number of benzene rings is 2. The first-order valence-electron chi connectivity index (χ1n) is 10.9. The monoisotopic (exact) mass is 413 g/mol. The van der Waals surface area contributed by atoms with E-state index >= 15 is 0 Å². The second-order valence-electron chi connectivity index (χ2n) is 8.10. The third-order valence-electron chi connectivity index (χ3n) is 6.15. The number of nitrogens with two attached hydrogens (primary N) is 2. The van der Waals surface area contributed by atoms with Gasteiger partial charge in [0.25, 0.3) is 0 Å². The van der Waals surface area contributed by atoms with Crippen molar-refractivity contribution in [2.45, 2.75) is 38.0 Å². The molecular formula is C25H27N5O. The minimum Gasteiger partial charge on any atom is -0.457 e. The molecule has 2 aromatic carbocycles. The lowest BCUT2D eigenvalue weighted by Gasteiger charge is -2.13. The Kier molecular flexibility index (Phi) is 5.30. The summed E-state index contributed by atoms with van der Waals surface area (Å²) in [5.74, 6) is 2.59. The maximum atomic E-state index is 6.38. The van der Waals surface area contributed by atoms with Crippen molar-refractivity contribution in [3.63, 3.8) is 0 Å². The van der Waals surface area contributed by atoms with E-state index in [2.05, 4.69) is 22.2 Å². The van der Waals surface area contributed by atoms with Gasteiger partial charge in [-0.05, 0) is 61.2 Å². The number of hydrogen-bond donors (Lipinski definition) is 2. The molecule has 4 N–H and O–H groups in total. The zero-order valence-corrected chi connectivity index (χ0v) is 17.5. The molecule has 1 saturated carbocycles. The summed E-state index contributed by atoms with van der Waals surface area (Å²) < 4.78 is 7.99. The van der Waals surface area contributed by atoms with Crippen molar-refractivity contribution in [3.05, 3.63) is 72.2 Å². The van der Waals surface area contributed by atoms with Gasteiger partial charge in [0, 0.05) is 17.2 Å². The Morgan fingerprint density at radius 3 is 2.39 bits per heavy atom. The fourth-order valence-corrected chi connectivity index (χ4v) is 4.82. The van der Waals surface area contributed by atoms with Crippen molar-refractivity contribution in [2.24, 2.45) is 5.73 Å². The summed E-state index contributed by atoms with van der Waals surface area (Å²) in [7, 11) is 0. The number of rotatable bonds is 6. The molecule has 2 aromatic heterocycles. The normalized spacial score (nSPS) is 14.4. The highest BCUT2D eigenvalue weighted by molar-refractivity contribution is 5.91. The minimum absolute atomic E-state index is 0.484. The first kappa shape index (κ1) is 19.6. The van der Waals surface area contributed by atoms with Gasteiger partial charge >= 0.3 is 0 Å². The van der Waals surface area contributed by atoms with Crippen molar-refractivity contribution < 1.29 is 4.74 Å². The Bertz CT molecular complexity index is 1180. The Hall–Kier alpha value is -3.38. The van der Waals surface area contributed by atoms with Crippen LogP contribution in [-0.4, -0.2) is 21.1 Å². The molecule has 0 spiro atoms. The second-order valence-corrected chi connectivity index (χ2v) is 8.10. The number of anilines is 1. The van der Waals surface area contributed by atoms with E-state index in [1.54, 1.807) is 6.33 Å². The molecule has 0 aliphatic heterocycles. The van der Waals surface area contributed by atoms with Crippen LogP contribution in [0.2, 0.25) is 0 Å². The molecule has 4 aromatic rings. The van der Waals surface area contributed by atoms with Gasteiger partial charge in [-0.15, -0.1) is 0 Å². The Morgan fingerprint density at radius 1 is 0.968 bits per heavy atom. The molecule has 5 rings (SSSR count). The van der Waals surface area contributed by atoms with Gasteiger partial charge in [-0.2, -0.15) is 5.10 Å². The molecule has 0 unspecified atom stereocenters. The summed E-state index contributed by atoms with van der Waals surface area (Å²) in [6, 6.07) is 17.9. The smallest absolute Gasteiger partial charge is 0.151 e. The highest BCUT2D eigenvalue weighted by atomic mass is 16.5. The number of para-hydroxylation sites is 1. The zero-order valence-electron chi connectivity index (χ0n) is 17.5. The molecule has 1 aliphatic carbocycles. The van der Waals surface area contributed by atoms with Crippen LogP contribution in [0.25, 0.3) is 16.6 Å². The van der Waals surface area contributed by atoms with Gasteiger partial charge in [-0.25, -0.2) is 9.50 Å². The average Bonchev–Trinajstić information content (AvgIpc) is 3.42. The molecule has 0 amide bonds. The summed E-state index contributed by atoms with van der Waals surface area (Å²) in [6.07, 6.45) is 7.19. The van der Waals surface area contributed by atoms with Crippen LogP contribution >= 0.6 is 0 Å². The number of ether oxygens (including phenoxy) is 1. The predicted octanol–water partition coefficient (Wildman–Crippen LogP) is 4.93. The fraction of sp³-hybridized carbons (Fsp3) is 0.280. The lowest BCUT2D eigenvalue weighted by molar-refractivity contribution is 0.483. The van der Waals surface area contributed by atoms with E-state index in [0.29, 0.717) is 18.3 Å². The predicted molar refractivity (Wildman–Crippen MR) is 123 cm³/mol. The first-order valence-corrected chi connectivity index (χ1v) is 10.9. The third-order valence-corrected chi connectivity index (χ3v) is 6.15. The van der Waals surface area contributed by atoms with Crippen LogP contribution in [0.4, 0.5) is 5.82 Å². The Balaban J connectivity index is 1.62. The number of nitrogen functional groups attached to an aromatic ring is 1. The molecule has 0 saturated heterocycles. The molecule has 6 heteroatoms. The summed E-state index contributed by atoms with van der Waals surface area (Å²) in [4.78, 5) is 4.30. The summed E-state index contributed by atoms with van der Waals surface area (Å²) in [5.41, 5.74) is 18.0. The van der Waals surface area contributed by atoms with Gasteiger partial charge in [0.1, 0.15) is 23.3 Å². The standard InChI is InChI=1S/C25H27N5O/c26-15-14-21-22(17-10-12-20(13-11-17)31-19-8-2-1-3-9-19)24-25(27)28-16-29-30(24)23(21)18-6-4-5-7-18/h1-3,8-13,16,18H,4-7,14-15,26H2,(H2,27,28,29). The maximum absolute atomic E-state index is 6.38. The number of hydrogen-bond acceptors (Lipinski definition) is 5. The van der Waals surface area contributed by atoms with Gasteiger partial charge in [0.2, 0.25) is 0 Å². The van der Waals surface area contributed by atoms with Crippen LogP contribution in [0.3, 0.4) is 0 Å². The molecule has 2 heterocycles. The Labute approximate surface area is 181 Å². The van der Waals surface area contributed by atoms with E-state index in [4.69, 9.17) is 16.2 Å². The molecule has 158 valence electrons. The average molecular weight is 414 g/mol. The van der Waals surface area contributed by atoms with E-state index in [-0.39, 0.29) is 0 Å². The van der Waals surface area contributed by atoms with Crippen LogP contribution in [-0.2, 0) is 6.42 Å². The van der Waals surface area contributed by atoms with Crippen LogP contribution in [0.5, 0.6) is 11.5 Å². The van der Waals surface area contributed by atoms with Crippen LogP contribution < -0.4 is 16.2 Å². The van der Waals surface area contributed by atoms with Gasteiger partial charge in [0.15, 0.2) is 5.82 Å².